The van der Waals surface area contributed by atoms with Crippen LogP contribution in [0, 0.1) is 5.82 Å². The molecule has 0 saturated carbocycles. The molecule has 1 aliphatic heterocycles. The summed E-state index contributed by atoms with van der Waals surface area (Å²) in [4.78, 5) is 28.4. The van der Waals surface area contributed by atoms with Crippen LogP contribution >= 0.6 is 0 Å². The van der Waals surface area contributed by atoms with Gasteiger partial charge in [0.05, 0.1) is 18.3 Å². The topological polar surface area (TPSA) is 79.7 Å². The lowest BCUT2D eigenvalue weighted by molar-refractivity contribution is -0.157. The largest absolute Gasteiger partial charge is 0.493 e. The third-order valence-electron chi connectivity index (χ3n) is 4.20. The zero-order valence-corrected chi connectivity index (χ0v) is 13.6. The fourth-order valence-corrected chi connectivity index (χ4v) is 2.90. The second kappa shape index (κ2) is 6.88. The van der Waals surface area contributed by atoms with Crippen molar-refractivity contribution in [3.05, 3.63) is 59.2 Å². The summed E-state index contributed by atoms with van der Waals surface area (Å²) < 4.78 is 19.5. The average Bonchev–Trinajstić information content (AvgIpc) is 3.06. The van der Waals surface area contributed by atoms with Gasteiger partial charge in [-0.3, -0.25) is 9.78 Å². The number of benzene rings is 1. The number of hydrogen-bond acceptors (Lipinski definition) is 4. The Labute approximate surface area is 143 Å². The molecule has 0 fully saturated rings. The van der Waals surface area contributed by atoms with Gasteiger partial charge in [0.2, 0.25) is 0 Å². The number of fused-ring (bicyclic) bond motifs is 1. The van der Waals surface area contributed by atoms with E-state index in [-0.39, 0.29) is 12.2 Å². The maximum Gasteiger partial charge on any atom is 0.394 e. The summed E-state index contributed by atoms with van der Waals surface area (Å²) >= 11 is 0. The minimum Gasteiger partial charge on any atom is -0.493 e. The molecule has 1 unspecified atom stereocenters. The minimum absolute atomic E-state index is 0.0293. The van der Waals surface area contributed by atoms with Crippen LogP contribution in [0.25, 0.3) is 0 Å². The molecule has 1 aromatic heterocycles. The van der Waals surface area contributed by atoms with Crippen molar-refractivity contribution in [1.82, 2.24) is 9.88 Å². The number of halogens is 1. The maximum atomic E-state index is 14.0. The zero-order valence-electron chi connectivity index (χ0n) is 13.6. The third kappa shape index (κ3) is 3.45. The van der Waals surface area contributed by atoms with E-state index in [9.17, 15) is 14.0 Å². The van der Waals surface area contributed by atoms with E-state index in [1.54, 1.807) is 19.1 Å². The highest BCUT2D eigenvalue weighted by molar-refractivity contribution is 6.31. The number of aliphatic carboxylic acids is 1. The number of nitrogens with zero attached hydrogens (tertiary/aromatic N) is 2. The van der Waals surface area contributed by atoms with E-state index in [0.717, 1.165) is 28.2 Å². The van der Waals surface area contributed by atoms with Crippen LogP contribution in [0.5, 0.6) is 5.75 Å². The molecule has 25 heavy (non-hydrogen) atoms. The first-order valence-electron chi connectivity index (χ1n) is 7.86. The predicted molar refractivity (Wildman–Crippen MR) is 86.4 cm³/mol. The number of ether oxygens (including phenoxy) is 1. The van der Waals surface area contributed by atoms with Crippen molar-refractivity contribution in [2.45, 2.75) is 25.9 Å². The molecular formula is C18H17FN2O4. The number of carbonyl (C=O) groups excluding carboxylic acids is 1. The van der Waals surface area contributed by atoms with Crippen LogP contribution in [0.2, 0.25) is 0 Å². The maximum absolute atomic E-state index is 14.0. The summed E-state index contributed by atoms with van der Waals surface area (Å²) in [5.74, 6) is -2.48. The standard InChI is InChI=1S/C18H17FN2O4/c1-11(16-14(19)3-2-7-20-16)21(17(22)18(23)24)10-12-4-5-15-13(9-12)6-8-25-15/h2-5,7,9,11H,6,8,10H2,1H3,(H,23,24). The van der Waals surface area contributed by atoms with E-state index in [4.69, 9.17) is 9.84 Å². The number of carbonyl (C=O) groups is 2. The van der Waals surface area contributed by atoms with E-state index in [2.05, 4.69) is 4.98 Å². The summed E-state index contributed by atoms with van der Waals surface area (Å²) in [6, 6.07) is 7.30. The van der Waals surface area contributed by atoms with Crippen LogP contribution < -0.4 is 4.74 Å². The summed E-state index contributed by atoms with van der Waals surface area (Å²) in [6.45, 7) is 2.20. The van der Waals surface area contributed by atoms with Gasteiger partial charge in [-0.05, 0) is 36.2 Å². The molecule has 0 saturated heterocycles. The SMILES string of the molecule is CC(c1ncccc1F)N(Cc1ccc2c(c1)CCO2)C(=O)C(=O)O. The van der Waals surface area contributed by atoms with Gasteiger partial charge < -0.3 is 14.7 Å². The van der Waals surface area contributed by atoms with E-state index >= 15 is 0 Å². The summed E-state index contributed by atoms with van der Waals surface area (Å²) in [5, 5.41) is 9.13. The van der Waals surface area contributed by atoms with Gasteiger partial charge in [0.15, 0.2) is 0 Å². The highest BCUT2D eigenvalue weighted by Gasteiger charge is 2.29. The fourth-order valence-electron chi connectivity index (χ4n) is 2.90. The summed E-state index contributed by atoms with van der Waals surface area (Å²) in [5.41, 5.74) is 1.79. The molecule has 1 aromatic carbocycles. The predicted octanol–water partition coefficient (Wildman–Crippen LogP) is 2.33. The van der Waals surface area contributed by atoms with Crippen LogP contribution in [0.1, 0.15) is 29.8 Å². The Hall–Kier alpha value is -2.96. The lowest BCUT2D eigenvalue weighted by atomic mass is 10.1. The van der Waals surface area contributed by atoms with Gasteiger partial charge in [-0.1, -0.05) is 12.1 Å². The van der Waals surface area contributed by atoms with Crippen LogP contribution in [0.3, 0.4) is 0 Å². The van der Waals surface area contributed by atoms with Crippen LogP contribution in [0.15, 0.2) is 36.5 Å². The van der Waals surface area contributed by atoms with Gasteiger partial charge in [0.25, 0.3) is 0 Å². The zero-order chi connectivity index (χ0) is 18.0. The van der Waals surface area contributed by atoms with E-state index in [1.807, 2.05) is 6.07 Å². The van der Waals surface area contributed by atoms with Crippen molar-refractivity contribution in [3.8, 4) is 5.75 Å². The highest BCUT2D eigenvalue weighted by Crippen LogP contribution is 2.28. The first-order chi connectivity index (χ1) is 12.0. The fraction of sp³-hybridized carbons (Fsp3) is 0.278. The molecule has 6 nitrogen and oxygen atoms in total. The molecule has 1 atom stereocenters. The molecule has 3 rings (SSSR count). The molecule has 0 aliphatic carbocycles. The van der Waals surface area contributed by atoms with Gasteiger partial charge in [-0.2, -0.15) is 0 Å². The quantitative estimate of drug-likeness (QED) is 0.861. The molecule has 130 valence electrons. The lowest BCUT2D eigenvalue weighted by Gasteiger charge is -2.27. The van der Waals surface area contributed by atoms with Crippen LogP contribution in [-0.4, -0.2) is 33.5 Å². The Morgan fingerprint density at radius 1 is 1.40 bits per heavy atom. The number of rotatable bonds is 4. The van der Waals surface area contributed by atoms with Crippen molar-refractivity contribution in [2.75, 3.05) is 6.61 Å². The first kappa shape index (κ1) is 16.9. The lowest BCUT2D eigenvalue weighted by Crippen LogP contribution is -2.38. The monoisotopic (exact) mass is 344 g/mol. The average molecular weight is 344 g/mol. The molecular weight excluding hydrogens is 327 g/mol. The number of hydrogen-bond donors (Lipinski definition) is 1. The number of aromatic nitrogens is 1. The van der Waals surface area contributed by atoms with Crippen molar-refractivity contribution < 1.29 is 23.8 Å². The van der Waals surface area contributed by atoms with Crippen molar-refractivity contribution in [1.29, 1.82) is 0 Å². The van der Waals surface area contributed by atoms with Gasteiger partial charge in [0, 0.05) is 19.2 Å². The van der Waals surface area contributed by atoms with Crippen LogP contribution in [0.4, 0.5) is 4.39 Å². The summed E-state index contributed by atoms with van der Waals surface area (Å²) in [6.07, 6.45) is 2.17. The molecule has 1 aliphatic rings. The third-order valence-corrected chi connectivity index (χ3v) is 4.20. The number of carboxylic acid groups (broad SMARTS) is 1. The molecule has 1 amide bonds. The van der Waals surface area contributed by atoms with Gasteiger partial charge in [-0.25, -0.2) is 9.18 Å². The number of carboxylic acids is 1. The second-order valence-corrected chi connectivity index (χ2v) is 5.83. The minimum atomic E-state index is -1.59. The molecule has 2 heterocycles. The molecule has 7 heteroatoms. The van der Waals surface area contributed by atoms with Gasteiger partial charge in [0.1, 0.15) is 11.6 Å². The van der Waals surface area contributed by atoms with Crippen molar-refractivity contribution in [3.63, 3.8) is 0 Å². The molecule has 0 spiro atoms. The Balaban J connectivity index is 1.91. The Morgan fingerprint density at radius 3 is 2.92 bits per heavy atom. The van der Waals surface area contributed by atoms with Gasteiger partial charge >= 0.3 is 11.9 Å². The Kier molecular flexibility index (Phi) is 4.65. The van der Waals surface area contributed by atoms with Crippen LogP contribution in [-0.2, 0) is 22.6 Å². The normalized spacial score (nSPS) is 13.7. The number of amides is 1. The van der Waals surface area contributed by atoms with Gasteiger partial charge in [-0.15, -0.1) is 0 Å². The Bertz CT molecular complexity index is 824. The molecule has 1 N–H and O–H groups in total. The molecule has 0 radical (unpaired) electrons. The summed E-state index contributed by atoms with van der Waals surface area (Å²) in [7, 11) is 0. The molecule has 0 bridgehead atoms. The highest BCUT2D eigenvalue weighted by atomic mass is 19.1. The second-order valence-electron chi connectivity index (χ2n) is 5.83. The Morgan fingerprint density at radius 2 is 2.20 bits per heavy atom. The number of pyridine rings is 1. The van der Waals surface area contributed by atoms with E-state index in [0.29, 0.717) is 6.61 Å². The van der Waals surface area contributed by atoms with Crippen molar-refractivity contribution >= 4 is 11.9 Å². The smallest absolute Gasteiger partial charge is 0.394 e. The van der Waals surface area contributed by atoms with Crippen molar-refractivity contribution in [2.24, 2.45) is 0 Å². The molecule has 2 aromatic rings. The van der Waals surface area contributed by atoms with E-state index in [1.165, 1.54) is 18.3 Å². The van der Waals surface area contributed by atoms with E-state index < -0.39 is 23.7 Å². The first-order valence-corrected chi connectivity index (χ1v) is 7.86.